The van der Waals surface area contributed by atoms with Gasteiger partial charge >= 0.3 is 5.97 Å². The van der Waals surface area contributed by atoms with Crippen LogP contribution in [0.15, 0.2) is 16.8 Å². The zero-order chi connectivity index (χ0) is 15.1. The van der Waals surface area contributed by atoms with E-state index in [0.29, 0.717) is 26.1 Å². The van der Waals surface area contributed by atoms with Crippen molar-refractivity contribution in [3.05, 3.63) is 22.4 Å². The highest BCUT2D eigenvalue weighted by atomic mass is 32.1. The summed E-state index contributed by atoms with van der Waals surface area (Å²) in [7, 11) is 0. The molecule has 5 nitrogen and oxygen atoms in total. The highest BCUT2D eigenvalue weighted by Crippen LogP contribution is 2.23. The first kappa shape index (κ1) is 16.0. The van der Waals surface area contributed by atoms with Crippen molar-refractivity contribution in [1.29, 1.82) is 0 Å². The SMILES string of the molecule is O=C(CCc1ccsc1)NCC(C(=O)O)C1CCOCC1. The summed E-state index contributed by atoms with van der Waals surface area (Å²) in [4.78, 5) is 23.2. The molecule has 0 radical (unpaired) electrons. The summed E-state index contributed by atoms with van der Waals surface area (Å²) < 4.78 is 5.26. The molecule has 116 valence electrons. The number of amides is 1. The quantitative estimate of drug-likeness (QED) is 0.807. The molecule has 1 aliphatic heterocycles. The van der Waals surface area contributed by atoms with Gasteiger partial charge in [0.15, 0.2) is 0 Å². The maximum atomic E-state index is 11.8. The van der Waals surface area contributed by atoms with E-state index in [4.69, 9.17) is 4.74 Å². The Morgan fingerprint density at radius 2 is 2.19 bits per heavy atom. The van der Waals surface area contributed by atoms with E-state index in [1.54, 1.807) is 11.3 Å². The number of hydrogen-bond donors (Lipinski definition) is 2. The molecular weight excluding hydrogens is 290 g/mol. The van der Waals surface area contributed by atoms with Crippen LogP contribution in [-0.2, 0) is 20.7 Å². The van der Waals surface area contributed by atoms with E-state index >= 15 is 0 Å². The lowest BCUT2D eigenvalue weighted by atomic mass is 9.86. The topological polar surface area (TPSA) is 75.6 Å². The first-order valence-electron chi connectivity index (χ1n) is 7.25. The summed E-state index contributed by atoms with van der Waals surface area (Å²) in [5, 5.41) is 16.1. The van der Waals surface area contributed by atoms with E-state index in [9.17, 15) is 14.7 Å². The highest BCUT2D eigenvalue weighted by molar-refractivity contribution is 7.07. The second-order valence-corrected chi connectivity index (χ2v) is 6.11. The van der Waals surface area contributed by atoms with Gasteiger partial charge in [-0.05, 0) is 47.6 Å². The van der Waals surface area contributed by atoms with Crippen molar-refractivity contribution in [2.75, 3.05) is 19.8 Å². The first-order valence-corrected chi connectivity index (χ1v) is 8.19. The number of nitrogens with one attached hydrogen (secondary N) is 1. The largest absolute Gasteiger partial charge is 0.481 e. The Morgan fingerprint density at radius 1 is 1.43 bits per heavy atom. The van der Waals surface area contributed by atoms with E-state index < -0.39 is 11.9 Å². The fraction of sp³-hybridized carbons (Fsp3) is 0.600. The standard InChI is InChI=1S/C15H21NO4S/c17-14(2-1-11-5-8-21-10-11)16-9-13(15(18)19)12-3-6-20-7-4-12/h5,8,10,12-13H,1-4,6-7,9H2,(H,16,17)(H,18,19). The molecule has 0 aromatic carbocycles. The number of carboxylic acids is 1. The third kappa shape index (κ3) is 5.13. The molecule has 2 N–H and O–H groups in total. The van der Waals surface area contributed by atoms with E-state index in [0.717, 1.165) is 18.4 Å². The average molecular weight is 311 g/mol. The van der Waals surface area contributed by atoms with Crippen molar-refractivity contribution in [1.82, 2.24) is 5.32 Å². The number of rotatable bonds is 7. The van der Waals surface area contributed by atoms with Crippen molar-refractivity contribution in [3.63, 3.8) is 0 Å². The molecule has 0 aliphatic carbocycles. The van der Waals surface area contributed by atoms with Crippen molar-refractivity contribution in [3.8, 4) is 0 Å². The Hall–Kier alpha value is -1.40. The molecule has 1 aromatic rings. The van der Waals surface area contributed by atoms with Gasteiger partial charge in [-0.3, -0.25) is 9.59 Å². The van der Waals surface area contributed by atoms with Crippen molar-refractivity contribution < 1.29 is 19.4 Å². The Bertz CT molecular complexity index is 454. The fourth-order valence-electron chi connectivity index (χ4n) is 2.58. The summed E-state index contributed by atoms with van der Waals surface area (Å²) in [6, 6.07) is 2.00. The molecule has 0 bridgehead atoms. The molecule has 21 heavy (non-hydrogen) atoms. The number of carboxylic acid groups (broad SMARTS) is 1. The summed E-state index contributed by atoms with van der Waals surface area (Å²) >= 11 is 1.61. The third-order valence-electron chi connectivity index (χ3n) is 3.89. The third-order valence-corrected chi connectivity index (χ3v) is 4.62. The first-order chi connectivity index (χ1) is 10.2. The van der Waals surface area contributed by atoms with Crippen molar-refractivity contribution in [2.45, 2.75) is 25.7 Å². The molecule has 1 fully saturated rings. The van der Waals surface area contributed by atoms with Gasteiger partial charge in [0, 0.05) is 26.2 Å². The summed E-state index contributed by atoms with van der Waals surface area (Å²) in [6.07, 6.45) is 2.60. The van der Waals surface area contributed by atoms with Crippen molar-refractivity contribution in [2.24, 2.45) is 11.8 Å². The second kappa shape index (κ2) is 8.14. The maximum absolute atomic E-state index is 11.8. The molecule has 0 saturated carbocycles. The molecule has 1 aliphatic rings. The van der Waals surface area contributed by atoms with E-state index in [-0.39, 0.29) is 18.4 Å². The van der Waals surface area contributed by atoms with E-state index in [2.05, 4.69) is 5.32 Å². The Labute approximate surface area is 128 Å². The summed E-state index contributed by atoms with van der Waals surface area (Å²) in [5.74, 6) is -1.34. The normalized spacial score (nSPS) is 17.3. The van der Waals surface area contributed by atoms with Crippen LogP contribution in [0, 0.1) is 11.8 Å². The zero-order valence-corrected chi connectivity index (χ0v) is 12.7. The smallest absolute Gasteiger partial charge is 0.308 e. The minimum Gasteiger partial charge on any atom is -0.481 e. The maximum Gasteiger partial charge on any atom is 0.308 e. The lowest BCUT2D eigenvalue weighted by Gasteiger charge is -2.27. The lowest BCUT2D eigenvalue weighted by Crippen LogP contribution is -2.39. The van der Waals surface area contributed by atoms with Gasteiger partial charge in [-0.25, -0.2) is 0 Å². The summed E-state index contributed by atoms with van der Waals surface area (Å²) in [6.45, 7) is 1.43. The van der Waals surface area contributed by atoms with Gasteiger partial charge in [-0.2, -0.15) is 11.3 Å². The zero-order valence-electron chi connectivity index (χ0n) is 11.9. The Balaban J connectivity index is 1.75. The molecular formula is C15H21NO4S. The van der Waals surface area contributed by atoms with Crippen LogP contribution in [0.4, 0.5) is 0 Å². The predicted octanol–water partition coefficient (Wildman–Crippen LogP) is 1.92. The van der Waals surface area contributed by atoms with Gasteiger partial charge in [0.05, 0.1) is 5.92 Å². The van der Waals surface area contributed by atoms with Crippen LogP contribution in [-0.4, -0.2) is 36.7 Å². The minimum atomic E-state index is -0.833. The monoisotopic (exact) mass is 311 g/mol. The molecule has 2 heterocycles. The highest BCUT2D eigenvalue weighted by Gasteiger charge is 2.29. The van der Waals surface area contributed by atoms with Crippen molar-refractivity contribution >= 4 is 23.2 Å². The van der Waals surface area contributed by atoms with Gasteiger partial charge in [-0.1, -0.05) is 0 Å². The number of carbonyl (C=O) groups is 2. The van der Waals surface area contributed by atoms with E-state index in [1.807, 2.05) is 16.8 Å². The van der Waals surface area contributed by atoms with Crippen LogP contribution in [0.3, 0.4) is 0 Å². The Kier molecular flexibility index (Phi) is 6.20. The van der Waals surface area contributed by atoms with Gasteiger partial charge in [0.1, 0.15) is 0 Å². The Morgan fingerprint density at radius 3 is 2.81 bits per heavy atom. The van der Waals surface area contributed by atoms with Gasteiger partial charge in [0.2, 0.25) is 5.91 Å². The van der Waals surface area contributed by atoms with Gasteiger partial charge in [-0.15, -0.1) is 0 Å². The number of aryl methyl sites for hydroxylation is 1. The van der Waals surface area contributed by atoms with Crippen LogP contribution >= 0.6 is 11.3 Å². The number of thiophene rings is 1. The van der Waals surface area contributed by atoms with Crippen LogP contribution in [0.25, 0.3) is 0 Å². The second-order valence-electron chi connectivity index (χ2n) is 5.33. The van der Waals surface area contributed by atoms with E-state index in [1.165, 1.54) is 0 Å². The molecule has 1 aromatic heterocycles. The van der Waals surface area contributed by atoms with Crippen LogP contribution in [0.1, 0.15) is 24.8 Å². The number of carbonyl (C=O) groups excluding carboxylic acids is 1. The van der Waals surface area contributed by atoms with Crippen LogP contribution < -0.4 is 5.32 Å². The molecule has 1 saturated heterocycles. The number of aliphatic carboxylic acids is 1. The van der Waals surface area contributed by atoms with Crippen LogP contribution in [0.2, 0.25) is 0 Å². The lowest BCUT2D eigenvalue weighted by molar-refractivity contribution is -0.144. The molecule has 1 unspecified atom stereocenters. The predicted molar refractivity (Wildman–Crippen MR) is 80.3 cm³/mol. The molecule has 6 heteroatoms. The fourth-order valence-corrected chi connectivity index (χ4v) is 3.28. The number of hydrogen-bond acceptors (Lipinski definition) is 4. The molecule has 2 rings (SSSR count). The van der Waals surface area contributed by atoms with Gasteiger partial charge < -0.3 is 15.2 Å². The molecule has 1 atom stereocenters. The van der Waals surface area contributed by atoms with Gasteiger partial charge in [0.25, 0.3) is 0 Å². The molecule has 1 amide bonds. The molecule has 0 spiro atoms. The number of ether oxygens (including phenoxy) is 1. The summed E-state index contributed by atoms with van der Waals surface area (Å²) in [5.41, 5.74) is 1.15. The minimum absolute atomic E-state index is 0.0838. The average Bonchev–Trinajstić information content (AvgIpc) is 2.99. The van der Waals surface area contributed by atoms with Crippen LogP contribution in [0.5, 0.6) is 0 Å².